The predicted octanol–water partition coefficient (Wildman–Crippen LogP) is 3.96. The number of nitrogens with one attached hydrogen (secondary N) is 3. The van der Waals surface area contributed by atoms with Gasteiger partial charge in [-0.05, 0) is 48.9 Å². The predicted molar refractivity (Wildman–Crippen MR) is 130 cm³/mol. The maximum absolute atomic E-state index is 11.6. The number of β-amino-alcohol motifs (C(OH)–C–C–N with tert-alkyl or cyclic N) is 1. The second-order valence-corrected chi connectivity index (χ2v) is 9.64. The lowest BCUT2D eigenvalue weighted by Gasteiger charge is -2.49. The Morgan fingerprint density at radius 3 is 2.55 bits per heavy atom. The van der Waals surface area contributed by atoms with E-state index in [9.17, 15) is 9.90 Å². The third kappa shape index (κ3) is 5.45. The largest absolute Gasteiger partial charge is 0.386 e. The van der Waals surface area contributed by atoms with E-state index in [-0.39, 0.29) is 11.8 Å². The van der Waals surface area contributed by atoms with Gasteiger partial charge in [-0.1, -0.05) is 20.8 Å². The van der Waals surface area contributed by atoms with E-state index in [1.165, 1.54) is 11.8 Å². The molecule has 0 aliphatic carbocycles. The van der Waals surface area contributed by atoms with Gasteiger partial charge in [0.15, 0.2) is 11.0 Å². The first-order valence-corrected chi connectivity index (χ1v) is 11.8. The van der Waals surface area contributed by atoms with Gasteiger partial charge in [0, 0.05) is 34.8 Å². The van der Waals surface area contributed by atoms with Gasteiger partial charge < -0.3 is 20.6 Å². The molecule has 0 saturated carbocycles. The van der Waals surface area contributed by atoms with E-state index in [1.54, 1.807) is 0 Å². The highest BCUT2D eigenvalue weighted by atomic mass is 32.2. The van der Waals surface area contributed by atoms with Crippen LogP contribution in [0.15, 0.2) is 46.5 Å². The van der Waals surface area contributed by atoms with Gasteiger partial charge in [-0.15, -0.1) is 0 Å². The van der Waals surface area contributed by atoms with Crippen LogP contribution in [0.4, 0.5) is 23.1 Å². The van der Waals surface area contributed by atoms with Crippen LogP contribution in [0.5, 0.6) is 0 Å². The number of H-pyrrole nitrogens is 1. The molecule has 10 heteroatoms. The molecule has 1 saturated heterocycles. The standard InChI is InChI=1S/C23H29N7O2S/c1-5-21(31)24-16-6-8-17(9-7-16)33-22-26-18(25-19-10-15(4)28-29-19)11-20(27-22)30-12-23(32,13-30)14(2)3/h6-11,14,32H,5,12-13H2,1-4H3,(H,24,31)(H2,25,26,27,28,29). The minimum Gasteiger partial charge on any atom is -0.386 e. The summed E-state index contributed by atoms with van der Waals surface area (Å²) in [5.41, 5.74) is 0.997. The van der Waals surface area contributed by atoms with Gasteiger partial charge in [0.2, 0.25) is 5.91 Å². The summed E-state index contributed by atoms with van der Waals surface area (Å²) in [5.74, 6) is 2.19. The number of hydrogen-bond acceptors (Lipinski definition) is 8. The molecule has 2 aromatic heterocycles. The van der Waals surface area contributed by atoms with Crippen molar-refractivity contribution in [2.45, 2.75) is 49.8 Å². The van der Waals surface area contributed by atoms with Gasteiger partial charge in [-0.2, -0.15) is 5.10 Å². The van der Waals surface area contributed by atoms with Gasteiger partial charge >= 0.3 is 0 Å². The second kappa shape index (κ2) is 9.40. The molecule has 3 heterocycles. The summed E-state index contributed by atoms with van der Waals surface area (Å²) in [5, 5.41) is 24.5. The molecule has 33 heavy (non-hydrogen) atoms. The highest BCUT2D eigenvalue weighted by molar-refractivity contribution is 7.99. The van der Waals surface area contributed by atoms with E-state index in [2.05, 4.69) is 30.7 Å². The molecule has 1 amide bonds. The molecule has 0 spiro atoms. The maximum Gasteiger partial charge on any atom is 0.224 e. The molecule has 0 unspecified atom stereocenters. The number of benzene rings is 1. The van der Waals surface area contributed by atoms with Crippen molar-refractivity contribution >= 4 is 40.8 Å². The molecule has 1 aliphatic rings. The molecule has 4 rings (SSSR count). The molecule has 1 aromatic carbocycles. The first-order chi connectivity index (χ1) is 15.7. The number of aryl methyl sites for hydroxylation is 1. The Hall–Kier alpha value is -3.11. The van der Waals surface area contributed by atoms with Crippen molar-refractivity contribution in [3.8, 4) is 0 Å². The summed E-state index contributed by atoms with van der Waals surface area (Å²) in [6.45, 7) is 8.86. The van der Waals surface area contributed by atoms with Crippen LogP contribution in [-0.2, 0) is 4.79 Å². The Morgan fingerprint density at radius 1 is 1.21 bits per heavy atom. The number of carbonyl (C=O) groups excluding carboxylic acids is 1. The van der Waals surface area contributed by atoms with Crippen molar-refractivity contribution < 1.29 is 9.90 Å². The fourth-order valence-corrected chi connectivity index (χ4v) is 4.17. The number of amides is 1. The van der Waals surface area contributed by atoms with Gasteiger partial charge in [0.1, 0.15) is 17.2 Å². The minimum absolute atomic E-state index is 0.0216. The summed E-state index contributed by atoms with van der Waals surface area (Å²) in [7, 11) is 0. The van der Waals surface area contributed by atoms with Crippen molar-refractivity contribution in [2.75, 3.05) is 28.6 Å². The fraction of sp³-hybridized carbons (Fsp3) is 0.391. The van der Waals surface area contributed by atoms with Crippen LogP contribution in [0.25, 0.3) is 0 Å². The summed E-state index contributed by atoms with van der Waals surface area (Å²) < 4.78 is 0. The van der Waals surface area contributed by atoms with E-state index in [0.717, 1.165) is 22.1 Å². The molecule has 0 bridgehead atoms. The molecular formula is C23H29N7O2S. The lowest BCUT2D eigenvalue weighted by molar-refractivity contribution is -0.115. The van der Waals surface area contributed by atoms with E-state index in [0.29, 0.717) is 36.3 Å². The van der Waals surface area contributed by atoms with Crippen LogP contribution >= 0.6 is 11.8 Å². The van der Waals surface area contributed by atoms with E-state index in [1.807, 2.05) is 64.1 Å². The topological polar surface area (TPSA) is 119 Å². The Morgan fingerprint density at radius 2 is 1.94 bits per heavy atom. The van der Waals surface area contributed by atoms with E-state index < -0.39 is 5.60 Å². The minimum atomic E-state index is -0.704. The van der Waals surface area contributed by atoms with Crippen molar-refractivity contribution in [3.05, 3.63) is 42.1 Å². The van der Waals surface area contributed by atoms with E-state index in [4.69, 9.17) is 4.98 Å². The molecule has 174 valence electrons. The van der Waals surface area contributed by atoms with Crippen LogP contribution in [0.2, 0.25) is 0 Å². The molecule has 4 N–H and O–H groups in total. The van der Waals surface area contributed by atoms with Crippen LogP contribution in [0.3, 0.4) is 0 Å². The monoisotopic (exact) mass is 467 g/mol. The van der Waals surface area contributed by atoms with Gasteiger partial charge in [-0.3, -0.25) is 9.89 Å². The zero-order valence-electron chi connectivity index (χ0n) is 19.2. The van der Waals surface area contributed by atoms with Crippen molar-refractivity contribution in [3.63, 3.8) is 0 Å². The van der Waals surface area contributed by atoms with Gasteiger partial charge in [0.05, 0.1) is 13.1 Å². The average molecular weight is 468 g/mol. The first-order valence-electron chi connectivity index (χ1n) is 11.0. The SMILES string of the molecule is CCC(=O)Nc1ccc(Sc2nc(Nc3cc(C)[nH]n3)cc(N3CC(O)(C(C)C)C3)n2)cc1. The molecule has 3 aromatic rings. The zero-order valence-corrected chi connectivity index (χ0v) is 20.0. The Balaban J connectivity index is 1.55. The van der Waals surface area contributed by atoms with Crippen LogP contribution in [0.1, 0.15) is 32.9 Å². The lowest BCUT2D eigenvalue weighted by atomic mass is 9.83. The zero-order chi connectivity index (χ0) is 23.6. The number of anilines is 4. The molecule has 1 aliphatic heterocycles. The van der Waals surface area contributed by atoms with Crippen LogP contribution < -0.4 is 15.5 Å². The van der Waals surface area contributed by atoms with Crippen molar-refractivity contribution in [1.29, 1.82) is 0 Å². The third-order valence-electron chi connectivity index (χ3n) is 5.65. The Kier molecular flexibility index (Phi) is 6.57. The molecule has 1 fully saturated rings. The second-order valence-electron chi connectivity index (χ2n) is 8.60. The average Bonchev–Trinajstić information content (AvgIpc) is 3.16. The summed E-state index contributed by atoms with van der Waals surface area (Å²) in [6, 6.07) is 11.4. The Bertz CT molecular complexity index is 1120. The number of rotatable bonds is 8. The third-order valence-corrected chi connectivity index (χ3v) is 6.52. The van der Waals surface area contributed by atoms with Crippen molar-refractivity contribution in [2.24, 2.45) is 5.92 Å². The summed E-state index contributed by atoms with van der Waals surface area (Å²) in [4.78, 5) is 24.0. The lowest BCUT2D eigenvalue weighted by Crippen LogP contribution is -2.65. The number of hydrogen-bond donors (Lipinski definition) is 4. The fourth-order valence-electron chi connectivity index (χ4n) is 3.40. The molecule has 9 nitrogen and oxygen atoms in total. The van der Waals surface area contributed by atoms with E-state index >= 15 is 0 Å². The molecular weight excluding hydrogens is 438 g/mol. The van der Waals surface area contributed by atoms with Crippen LogP contribution in [0, 0.1) is 12.8 Å². The first kappa shape index (κ1) is 23.1. The highest BCUT2D eigenvalue weighted by Crippen LogP contribution is 2.35. The number of aromatic nitrogens is 4. The maximum atomic E-state index is 11.6. The number of nitrogens with zero attached hydrogens (tertiary/aromatic N) is 4. The van der Waals surface area contributed by atoms with Gasteiger partial charge in [-0.25, -0.2) is 9.97 Å². The number of carbonyl (C=O) groups is 1. The normalized spacial score (nSPS) is 14.8. The van der Waals surface area contributed by atoms with Crippen molar-refractivity contribution in [1.82, 2.24) is 20.2 Å². The number of aromatic amines is 1. The Labute approximate surface area is 197 Å². The summed E-state index contributed by atoms with van der Waals surface area (Å²) in [6.07, 6.45) is 0.435. The highest BCUT2D eigenvalue weighted by Gasteiger charge is 2.44. The molecule has 0 atom stereocenters. The smallest absolute Gasteiger partial charge is 0.224 e. The number of aliphatic hydroxyl groups is 1. The molecule has 0 radical (unpaired) electrons. The van der Waals surface area contributed by atoms with Crippen LogP contribution in [-0.4, -0.2) is 49.9 Å². The quantitative estimate of drug-likeness (QED) is 0.368. The van der Waals surface area contributed by atoms with Gasteiger partial charge in [0.25, 0.3) is 0 Å². The summed E-state index contributed by atoms with van der Waals surface area (Å²) >= 11 is 1.43.